The summed E-state index contributed by atoms with van der Waals surface area (Å²) < 4.78 is 0. The van der Waals surface area contributed by atoms with Crippen molar-refractivity contribution in [1.82, 2.24) is 10.2 Å². The van der Waals surface area contributed by atoms with E-state index in [1.54, 1.807) is 12.1 Å². The molecule has 1 aromatic rings. The highest BCUT2D eigenvalue weighted by atomic mass is 35.5. The number of hydrogen-bond donors (Lipinski definition) is 2. The Morgan fingerprint density at radius 2 is 1.87 bits per heavy atom. The monoisotopic (exact) mass is 345 g/mol. The molecule has 0 saturated heterocycles. The van der Waals surface area contributed by atoms with Crippen LogP contribution < -0.4 is 5.32 Å². The average molecular weight is 346 g/mol. The van der Waals surface area contributed by atoms with Gasteiger partial charge >= 0.3 is 5.97 Å². The number of nitro groups is 1. The molecule has 0 aliphatic rings. The van der Waals surface area contributed by atoms with E-state index in [-0.39, 0.29) is 36.6 Å². The molecule has 0 spiro atoms. The van der Waals surface area contributed by atoms with Crippen LogP contribution in [0.5, 0.6) is 0 Å². The first-order valence-corrected chi connectivity index (χ1v) is 6.75. The van der Waals surface area contributed by atoms with Gasteiger partial charge in [0.25, 0.3) is 5.69 Å². The van der Waals surface area contributed by atoms with Crippen molar-refractivity contribution >= 4 is 30.0 Å². The van der Waals surface area contributed by atoms with Crippen LogP contribution in [0.1, 0.15) is 19.4 Å². The normalized spacial score (nSPS) is 10.3. The highest BCUT2D eigenvalue weighted by Crippen LogP contribution is 2.14. The van der Waals surface area contributed by atoms with Crippen LogP contribution in [0.4, 0.5) is 5.69 Å². The molecule has 0 aliphatic heterocycles. The number of amides is 1. The van der Waals surface area contributed by atoms with Crippen LogP contribution in [0.25, 0.3) is 0 Å². The highest BCUT2D eigenvalue weighted by Gasteiger charge is 2.15. The molecule has 23 heavy (non-hydrogen) atoms. The van der Waals surface area contributed by atoms with Gasteiger partial charge in [0.1, 0.15) is 6.54 Å². The lowest BCUT2D eigenvalue weighted by atomic mass is 10.1. The molecule has 0 aromatic heterocycles. The van der Waals surface area contributed by atoms with Gasteiger partial charge in [-0.15, -0.1) is 12.4 Å². The Balaban J connectivity index is 0.00000484. The maximum Gasteiger partial charge on any atom is 0.322 e. The van der Waals surface area contributed by atoms with Crippen molar-refractivity contribution in [3.63, 3.8) is 0 Å². The Kier molecular flexibility index (Phi) is 8.82. The maximum absolute atomic E-state index is 11.7. The molecular weight excluding hydrogens is 326 g/mol. The molecule has 0 atom stereocenters. The minimum Gasteiger partial charge on any atom is -0.480 e. The second-order valence-electron chi connectivity index (χ2n) is 5.09. The van der Waals surface area contributed by atoms with E-state index >= 15 is 0 Å². The lowest BCUT2D eigenvalue weighted by molar-refractivity contribution is -0.384. The lowest BCUT2D eigenvalue weighted by Gasteiger charge is -2.25. The third kappa shape index (κ3) is 7.57. The fourth-order valence-electron chi connectivity index (χ4n) is 1.79. The summed E-state index contributed by atoms with van der Waals surface area (Å²) in [7, 11) is 0. The molecule has 1 aromatic carbocycles. The fourth-order valence-corrected chi connectivity index (χ4v) is 1.79. The van der Waals surface area contributed by atoms with Crippen LogP contribution >= 0.6 is 12.4 Å². The second-order valence-corrected chi connectivity index (χ2v) is 5.09. The molecule has 9 heteroatoms. The first-order chi connectivity index (χ1) is 10.3. The summed E-state index contributed by atoms with van der Waals surface area (Å²) in [5.74, 6) is -1.47. The quantitative estimate of drug-likeness (QED) is 0.544. The molecule has 0 fully saturated rings. The van der Waals surface area contributed by atoms with Crippen LogP contribution in [0.2, 0.25) is 0 Å². The molecule has 2 N–H and O–H groups in total. The summed E-state index contributed by atoms with van der Waals surface area (Å²) in [6.45, 7) is 3.91. The topological polar surface area (TPSA) is 113 Å². The lowest BCUT2D eigenvalue weighted by Crippen LogP contribution is -2.41. The number of aliphatic carboxylic acids is 1. The number of non-ortho nitro benzene ring substituents is 1. The van der Waals surface area contributed by atoms with Crippen molar-refractivity contribution in [2.24, 2.45) is 0 Å². The summed E-state index contributed by atoms with van der Waals surface area (Å²) in [4.78, 5) is 34.1. The van der Waals surface area contributed by atoms with Crippen LogP contribution in [-0.4, -0.2) is 45.9 Å². The summed E-state index contributed by atoms with van der Waals surface area (Å²) in [5, 5.41) is 21.4. The molecule has 128 valence electrons. The number of nitro benzene ring substituents is 1. The smallest absolute Gasteiger partial charge is 0.322 e. The van der Waals surface area contributed by atoms with Gasteiger partial charge in [-0.3, -0.25) is 24.6 Å². The molecule has 0 saturated carbocycles. The second kappa shape index (κ2) is 9.75. The van der Waals surface area contributed by atoms with E-state index in [1.807, 2.05) is 18.7 Å². The third-order valence-corrected chi connectivity index (χ3v) is 3.05. The summed E-state index contributed by atoms with van der Waals surface area (Å²) in [5.41, 5.74) is 0.851. The number of carboxylic acid groups (broad SMARTS) is 1. The van der Waals surface area contributed by atoms with Crippen molar-refractivity contribution < 1.29 is 19.6 Å². The molecule has 0 radical (unpaired) electrons. The Bertz CT molecular complexity index is 548. The van der Waals surface area contributed by atoms with E-state index in [1.165, 1.54) is 12.1 Å². The molecule has 0 heterocycles. The predicted octanol–water partition coefficient (Wildman–Crippen LogP) is 1.43. The SMILES string of the molecule is CC(C)N(CC(=O)NCC(=O)O)Cc1ccc([N+](=O)[O-])cc1.Cl. The minimum absolute atomic E-state index is 0. The molecule has 1 rings (SSSR count). The standard InChI is InChI=1S/C14H19N3O5.ClH/c1-10(2)16(9-13(18)15-7-14(19)20)8-11-3-5-12(6-4-11)17(21)22;/h3-6,10H,7-9H2,1-2H3,(H,15,18)(H,19,20);1H. The highest BCUT2D eigenvalue weighted by molar-refractivity contribution is 5.85. The molecular formula is C14H20ClN3O5. The number of halogens is 1. The van der Waals surface area contributed by atoms with Crippen molar-refractivity contribution in [2.45, 2.75) is 26.4 Å². The average Bonchev–Trinajstić information content (AvgIpc) is 2.44. The molecule has 0 bridgehead atoms. The number of carbonyl (C=O) groups is 2. The third-order valence-electron chi connectivity index (χ3n) is 3.05. The van der Waals surface area contributed by atoms with Gasteiger partial charge in [-0.25, -0.2) is 0 Å². The number of benzene rings is 1. The molecule has 8 nitrogen and oxygen atoms in total. The fraction of sp³-hybridized carbons (Fsp3) is 0.429. The molecule has 0 aliphatic carbocycles. The van der Waals surface area contributed by atoms with Gasteiger partial charge in [0, 0.05) is 24.7 Å². The van der Waals surface area contributed by atoms with Crippen LogP contribution in [0.15, 0.2) is 24.3 Å². The predicted molar refractivity (Wildman–Crippen MR) is 86.5 cm³/mol. The van der Waals surface area contributed by atoms with E-state index in [4.69, 9.17) is 5.11 Å². The maximum atomic E-state index is 11.7. The van der Waals surface area contributed by atoms with E-state index in [2.05, 4.69) is 5.32 Å². The molecule has 0 unspecified atom stereocenters. The Hall–Kier alpha value is -2.19. The zero-order valence-electron chi connectivity index (χ0n) is 12.9. The van der Waals surface area contributed by atoms with Gasteiger partial charge in [0.2, 0.25) is 5.91 Å². The van der Waals surface area contributed by atoms with Gasteiger partial charge in [-0.2, -0.15) is 0 Å². The van der Waals surface area contributed by atoms with Crippen LogP contribution in [0, 0.1) is 10.1 Å². The van der Waals surface area contributed by atoms with Crippen LogP contribution in [0.3, 0.4) is 0 Å². The van der Waals surface area contributed by atoms with E-state index in [0.29, 0.717) is 6.54 Å². The summed E-state index contributed by atoms with van der Waals surface area (Å²) >= 11 is 0. The Morgan fingerprint density at radius 3 is 2.30 bits per heavy atom. The number of rotatable bonds is 8. The van der Waals surface area contributed by atoms with Gasteiger partial charge in [0.15, 0.2) is 0 Å². The number of nitrogens with zero attached hydrogens (tertiary/aromatic N) is 2. The molecule has 1 amide bonds. The first-order valence-electron chi connectivity index (χ1n) is 6.75. The number of carbonyl (C=O) groups excluding carboxylic acids is 1. The van der Waals surface area contributed by atoms with Gasteiger partial charge < -0.3 is 10.4 Å². The van der Waals surface area contributed by atoms with Gasteiger partial charge in [-0.1, -0.05) is 12.1 Å². The number of nitrogens with one attached hydrogen (secondary N) is 1. The van der Waals surface area contributed by atoms with E-state index in [0.717, 1.165) is 5.56 Å². The van der Waals surface area contributed by atoms with Crippen molar-refractivity contribution in [1.29, 1.82) is 0 Å². The minimum atomic E-state index is -1.10. The Morgan fingerprint density at radius 1 is 1.30 bits per heavy atom. The zero-order chi connectivity index (χ0) is 16.7. The number of hydrogen-bond acceptors (Lipinski definition) is 5. The van der Waals surface area contributed by atoms with E-state index in [9.17, 15) is 19.7 Å². The largest absolute Gasteiger partial charge is 0.480 e. The van der Waals surface area contributed by atoms with E-state index < -0.39 is 17.4 Å². The van der Waals surface area contributed by atoms with Crippen molar-refractivity contribution in [3.8, 4) is 0 Å². The Labute approximate surface area is 140 Å². The zero-order valence-corrected chi connectivity index (χ0v) is 13.7. The number of carboxylic acids is 1. The first kappa shape index (κ1) is 20.8. The summed E-state index contributed by atoms with van der Waals surface area (Å²) in [6.07, 6.45) is 0. The van der Waals surface area contributed by atoms with Crippen molar-refractivity contribution in [2.75, 3.05) is 13.1 Å². The van der Waals surface area contributed by atoms with Crippen molar-refractivity contribution in [3.05, 3.63) is 39.9 Å². The van der Waals surface area contributed by atoms with Gasteiger partial charge in [-0.05, 0) is 19.4 Å². The summed E-state index contributed by atoms with van der Waals surface area (Å²) in [6, 6.07) is 6.17. The van der Waals surface area contributed by atoms with Crippen LogP contribution in [-0.2, 0) is 16.1 Å². The van der Waals surface area contributed by atoms with Gasteiger partial charge in [0.05, 0.1) is 11.5 Å².